The molecular formula is C18H13NO5. The Morgan fingerprint density at radius 1 is 1.04 bits per heavy atom. The van der Waals surface area contributed by atoms with Crippen LogP contribution in [0.4, 0.5) is 0 Å². The summed E-state index contributed by atoms with van der Waals surface area (Å²) in [5.41, 5.74) is 6.17. The molecule has 1 amide bonds. The van der Waals surface area contributed by atoms with E-state index < -0.39 is 17.3 Å². The zero-order valence-corrected chi connectivity index (χ0v) is 12.7. The lowest BCUT2D eigenvalue weighted by Gasteiger charge is -2.07. The minimum Gasteiger partial charge on any atom is -0.497 e. The second-order valence-corrected chi connectivity index (χ2v) is 5.11. The summed E-state index contributed by atoms with van der Waals surface area (Å²) in [7, 11) is 1.57. The van der Waals surface area contributed by atoms with Gasteiger partial charge < -0.3 is 14.9 Å². The number of benzene rings is 2. The first-order valence-corrected chi connectivity index (χ1v) is 7.06. The first-order valence-electron chi connectivity index (χ1n) is 7.06. The number of ether oxygens (including phenoxy) is 1. The molecule has 0 atom stereocenters. The molecule has 6 heteroatoms. The van der Waals surface area contributed by atoms with Crippen molar-refractivity contribution in [1.29, 1.82) is 0 Å². The van der Waals surface area contributed by atoms with Crippen molar-refractivity contribution in [2.75, 3.05) is 7.11 Å². The van der Waals surface area contributed by atoms with Crippen LogP contribution in [0.25, 0.3) is 22.1 Å². The second kappa shape index (κ2) is 6.00. The molecule has 0 unspecified atom stereocenters. The minimum absolute atomic E-state index is 0.0741. The molecule has 0 radical (unpaired) electrons. The number of fused-ring (bicyclic) bond motifs is 1. The molecule has 120 valence electrons. The van der Waals surface area contributed by atoms with Crippen molar-refractivity contribution in [3.05, 3.63) is 64.5 Å². The van der Waals surface area contributed by atoms with E-state index in [-0.39, 0.29) is 11.1 Å². The van der Waals surface area contributed by atoms with Gasteiger partial charge in [0.15, 0.2) is 0 Å². The summed E-state index contributed by atoms with van der Waals surface area (Å²) in [5, 5.41) is 0.640. The first kappa shape index (κ1) is 15.5. The van der Waals surface area contributed by atoms with Crippen LogP contribution in [0.3, 0.4) is 0 Å². The highest BCUT2D eigenvalue weighted by Crippen LogP contribution is 2.29. The molecular weight excluding hydrogens is 310 g/mol. The molecule has 1 heterocycles. The fraction of sp³-hybridized carbons (Fsp3) is 0.0556. The summed E-state index contributed by atoms with van der Waals surface area (Å²) in [5.74, 6) is -1.21. The highest BCUT2D eigenvalue weighted by atomic mass is 16.5. The monoisotopic (exact) mass is 323 g/mol. The number of Topliss-reactive ketones (excluding diaryl/α,β-unsaturated/α-hetero) is 1. The van der Waals surface area contributed by atoms with Gasteiger partial charge in [-0.15, -0.1) is 0 Å². The van der Waals surface area contributed by atoms with Gasteiger partial charge in [0.25, 0.3) is 5.91 Å². The lowest BCUT2D eigenvalue weighted by atomic mass is 10.00. The average molecular weight is 323 g/mol. The van der Waals surface area contributed by atoms with Crippen LogP contribution in [0.2, 0.25) is 0 Å². The number of hydrogen-bond acceptors (Lipinski definition) is 5. The van der Waals surface area contributed by atoms with E-state index in [1.54, 1.807) is 25.3 Å². The lowest BCUT2D eigenvalue weighted by Crippen LogP contribution is -2.23. The quantitative estimate of drug-likeness (QED) is 0.450. The first-order chi connectivity index (χ1) is 11.5. The van der Waals surface area contributed by atoms with Gasteiger partial charge in [-0.2, -0.15) is 0 Å². The Bertz CT molecular complexity index is 1000. The normalized spacial score (nSPS) is 10.5. The zero-order valence-electron chi connectivity index (χ0n) is 12.7. The number of ketones is 1. The van der Waals surface area contributed by atoms with Crippen LogP contribution in [0.5, 0.6) is 5.75 Å². The predicted octanol–water partition coefficient (Wildman–Crippen LogP) is 2.14. The fourth-order valence-electron chi connectivity index (χ4n) is 2.46. The third kappa shape index (κ3) is 2.77. The molecule has 0 spiro atoms. The Hall–Kier alpha value is -3.41. The number of hydrogen-bond donors (Lipinski definition) is 1. The van der Waals surface area contributed by atoms with Crippen LogP contribution in [0.1, 0.15) is 10.4 Å². The van der Waals surface area contributed by atoms with E-state index in [1.807, 2.05) is 12.1 Å². The van der Waals surface area contributed by atoms with Crippen LogP contribution in [0, 0.1) is 0 Å². The Morgan fingerprint density at radius 3 is 2.38 bits per heavy atom. The predicted molar refractivity (Wildman–Crippen MR) is 88.0 cm³/mol. The largest absolute Gasteiger partial charge is 0.497 e. The van der Waals surface area contributed by atoms with E-state index >= 15 is 0 Å². The summed E-state index contributed by atoms with van der Waals surface area (Å²) in [6.45, 7) is 0. The molecule has 2 N–H and O–H groups in total. The van der Waals surface area contributed by atoms with Crippen molar-refractivity contribution in [2.24, 2.45) is 5.73 Å². The van der Waals surface area contributed by atoms with Crippen molar-refractivity contribution in [3.63, 3.8) is 0 Å². The molecule has 2 aromatic carbocycles. The number of carbonyl (C=O) groups excluding carboxylic acids is 2. The number of rotatable bonds is 4. The Labute approximate surface area is 136 Å². The van der Waals surface area contributed by atoms with Crippen LogP contribution < -0.4 is 16.1 Å². The van der Waals surface area contributed by atoms with E-state index in [2.05, 4.69) is 0 Å². The molecule has 0 aliphatic carbocycles. The molecule has 1 aromatic heterocycles. The molecule has 0 aliphatic heterocycles. The zero-order chi connectivity index (χ0) is 17.3. The van der Waals surface area contributed by atoms with Gasteiger partial charge in [-0.3, -0.25) is 9.59 Å². The van der Waals surface area contributed by atoms with Crippen molar-refractivity contribution in [3.8, 4) is 16.9 Å². The van der Waals surface area contributed by atoms with Gasteiger partial charge >= 0.3 is 5.63 Å². The van der Waals surface area contributed by atoms with Gasteiger partial charge in [0, 0.05) is 17.0 Å². The van der Waals surface area contributed by atoms with Gasteiger partial charge in [0.1, 0.15) is 11.3 Å². The maximum absolute atomic E-state index is 11.8. The molecule has 0 bridgehead atoms. The maximum atomic E-state index is 11.8. The Kier molecular flexibility index (Phi) is 3.87. The summed E-state index contributed by atoms with van der Waals surface area (Å²) in [6, 6.07) is 13.0. The van der Waals surface area contributed by atoms with E-state index in [0.717, 1.165) is 5.56 Å². The molecule has 0 fully saturated rings. The Morgan fingerprint density at radius 2 is 1.75 bits per heavy atom. The van der Waals surface area contributed by atoms with E-state index in [1.165, 1.54) is 18.2 Å². The van der Waals surface area contributed by atoms with E-state index in [9.17, 15) is 14.4 Å². The van der Waals surface area contributed by atoms with Gasteiger partial charge in [0.2, 0.25) is 5.78 Å². The number of nitrogens with two attached hydrogens (primary N) is 1. The highest BCUT2D eigenvalue weighted by molar-refractivity contribution is 6.42. The highest BCUT2D eigenvalue weighted by Gasteiger charge is 2.15. The number of methoxy groups -OCH3 is 1. The van der Waals surface area contributed by atoms with Crippen molar-refractivity contribution in [2.45, 2.75) is 0 Å². The fourth-order valence-corrected chi connectivity index (χ4v) is 2.46. The third-order valence-electron chi connectivity index (χ3n) is 3.63. The van der Waals surface area contributed by atoms with Crippen LogP contribution in [-0.4, -0.2) is 18.8 Å². The minimum atomic E-state index is -1.07. The summed E-state index contributed by atoms with van der Waals surface area (Å²) in [4.78, 5) is 34.6. The molecule has 3 aromatic rings. The van der Waals surface area contributed by atoms with Crippen LogP contribution in [0.15, 0.2) is 57.7 Å². The third-order valence-corrected chi connectivity index (χ3v) is 3.63. The summed E-state index contributed by atoms with van der Waals surface area (Å²) in [6.07, 6.45) is 0. The molecule has 0 saturated carbocycles. The average Bonchev–Trinajstić information content (AvgIpc) is 2.59. The van der Waals surface area contributed by atoms with Crippen LogP contribution in [-0.2, 0) is 4.79 Å². The SMILES string of the molecule is COc1ccc(-c2cc(=O)oc3cc(C(=O)C(N)=O)ccc23)cc1. The lowest BCUT2D eigenvalue weighted by molar-refractivity contribution is -0.114. The van der Waals surface area contributed by atoms with E-state index in [4.69, 9.17) is 14.9 Å². The van der Waals surface area contributed by atoms with Gasteiger partial charge in [-0.25, -0.2) is 4.79 Å². The molecule has 24 heavy (non-hydrogen) atoms. The van der Waals surface area contributed by atoms with Crippen molar-refractivity contribution < 1.29 is 18.7 Å². The van der Waals surface area contributed by atoms with Gasteiger partial charge in [-0.1, -0.05) is 12.1 Å². The van der Waals surface area contributed by atoms with Gasteiger partial charge in [0.05, 0.1) is 7.11 Å². The smallest absolute Gasteiger partial charge is 0.336 e. The van der Waals surface area contributed by atoms with E-state index in [0.29, 0.717) is 16.7 Å². The topological polar surface area (TPSA) is 99.6 Å². The molecule has 0 saturated heterocycles. The number of carbonyl (C=O) groups is 2. The Balaban J connectivity index is 2.19. The standard InChI is InChI=1S/C18H13NO5/c1-23-12-5-2-10(3-6-12)14-9-16(20)24-15-8-11(4-7-13(14)15)17(21)18(19)22/h2-9H,1H3,(H2,19,22). The molecule has 3 rings (SSSR count). The second-order valence-electron chi connectivity index (χ2n) is 5.11. The summed E-state index contributed by atoms with van der Waals surface area (Å²) < 4.78 is 10.3. The van der Waals surface area contributed by atoms with Crippen molar-refractivity contribution in [1.82, 2.24) is 0 Å². The maximum Gasteiger partial charge on any atom is 0.336 e. The van der Waals surface area contributed by atoms with Crippen molar-refractivity contribution >= 4 is 22.7 Å². The number of amides is 1. The van der Waals surface area contributed by atoms with Gasteiger partial charge in [-0.05, 0) is 41.5 Å². The molecule has 0 aliphatic rings. The van der Waals surface area contributed by atoms with Crippen LogP contribution >= 0.6 is 0 Å². The molecule has 6 nitrogen and oxygen atoms in total. The summed E-state index contributed by atoms with van der Waals surface area (Å²) >= 11 is 0. The number of primary amides is 1.